The van der Waals surface area contributed by atoms with Crippen LogP contribution in [-0.2, 0) is 11.3 Å². The summed E-state index contributed by atoms with van der Waals surface area (Å²) in [6, 6.07) is 3.83. The molecule has 1 aromatic heterocycles. The number of nitrogens with zero attached hydrogens (tertiary/aromatic N) is 1. The van der Waals surface area contributed by atoms with E-state index in [0.717, 1.165) is 38.3 Å². The highest BCUT2D eigenvalue weighted by Crippen LogP contribution is 2.18. The first-order valence-corrected chi connectivity index (χ1v) is 5.71. The molecule has 0 saturated carbocycles. The third kappa shape index (κ3) is 2.93. The summed E-state index contributed by atoms with van der Waals surface area (Å²) < 4.78 is 5.49. The zero-order valence-corrected chi connectivity index (χ0v) is 9.70. The molecular formula is C12H19N3O. The van der Waals surface area contributed by atoms with Crippen molar-refractivity contribution in [2.45, 2.75) is 31.8 Å². The van der Waals surface area contributed by atoms with Gasteiger partial charge in [-0.05, 0) is 31.9 Å². The van der Waals surface area contributed by atoms with Gasteiger partial charge in [-0.1, -0.05) is 0 Å². The summed E-state index contributed by atoms with van der Waals surface area (Å²) in [5.41, 5.74) is 7.39. The predicted octanol–water partition coefficient (Wildman–Crippen LogP) is 1.32. The van der Waals surface area contributed by atoms with E-state index in [1.165, 1.54) is 0 Å². The molecule has 1 saturated heterocycles. The lowest BCUT2D eigenvalue weighted by Crippen LogP contribution is -2.48. The number of anilines is 1. The van der Waals surface area contributed by atoms with E-state index in [-0.39, 0.29) is 5.54 Å². The Balaban J connectivity index is 1.88. The Kier molecular flexibility index (Phi) is 3.41. The van der Waals surface area contributed by atoms with Gasteiger partial charge in [0.25, 0.3) is 0 Å². The Morgan fingerprint density at radius 2 is 2.44 bits per heavy atom. The maximum atomic E-state index is 5.59. The summed E-state index contributed by atoms with van der Waals surface area (Å²) in [6.07, 6.45) is 3.97. The largest absolute Gasteiger partial charge is 0.397 e. The molecule has 16 heavy (non-hydrogen) atoms. The van der Waals surface area contributed by atoms with Gasteiger partial charge >= 0.3 is 0 Å². The van der Waals surface area contributed by atoms with Gasteiger partial charge in [0.15, 0.2) is 0 Å². The third-order valence-corrected chi connectivity index (χ3v) is 2.98. The van der Waals surface area contributed by atoms with Gasteiger partial charge in [0.2, 0.25) is 0 Å². The number of nitrogens with two attached hydrogens (primary N) is 1. The lowest BCUT2D eigenvalue weighted by Gasteiger charge is -2.34. The quantitative estimate of drug-likeness (QED) is 0.808. The molecule has 0 aromatic carbocycles. The highest BCUT2D eigenvalue weighted by atomic mass is 16.5. The standard InChI is InChI=1S/C12H19N3O/c1-12(5-2-6-16-9-12)15-8-11-4-3-10(13)7-14-11/h3-4,7,15H,2,5-6,8-9,13H2,1H3. The van der Waals surface area contributed by atoms with E-state index in [0.29, 0.717) is 5.69 Å². The Morgan fingerprint density at radius 3 is 3.06 bits per heavy atom. The second-order valence-corrected chi connectivity index (χ2v) is 4.65. The maximum absolute atomic E-state index is 5.59. The van der Waals surface area contributed by atoms with Crippen molar-refractivity contribution in [3.05, 3.63) is 24.0 Å². The zero-order valence-electron chi connectivity index (χ0n) is 9.70. The number of ether oxygens (including phenoxy) is 1. The Hall–Kier alpha value is -1.13. The number of rotatable bonds is 3. The zero-order chi connectivity index (χ0) is 11.4. The van der Waals surface area contributed by atoms with Crippen molar-refractivity contribution in [1.29, 1.82) is 0 Å². The Labute approximate surface area is 96.2 Å². The summed E-state index contributed by atoms with van der Waals surface area (Å²) in [6.45, 7) is 4.63. The fourth-order valence-corrected chi connectivity index (χ4v) is 1.92. The van der Waals surface area contributed by atoms with Crippen LogP contribution in [0.15, 0.2) is 18.3 Å². The molecule has 0 aliphatic carbocycles. The summed E-state index contributed by atoms with van der Waals surface area (Å²) in [5.74, 6) is 0. The number of pyridine rings is 1. The van der Waals surface area contributed by atoms with E-state index in [1.807, 2.05) is 12.1 Å². The normalized spacial score (nSPS) is 25.6. The molecule has 1 atom stereocenters. The molecule has 3 N–H and O–H groups in total. The molecule has 1 aromatic rings. The second-order valence-electron chi connectivity index (χ2n) is 4.65. The second kappa shape index (κ2) is 4.80. The van der Waals surface area contributed by atoms with Crippen LogP contribution in [0.3, 0.4) is 0 Å². The van der Waals surface area contributed by atoms with Gasteiger partial charge in [-0.2, -0.15) is 0 Å². The summed E-state index contributed by atoms with van der Waals surface area (Å²) >= 11 is 0. The van der Waals surface area contributed by atoms with Gasteiger partial charge in [0.1, 0.15) is 0 Å². The minimum absolute atomic E-state index is 0.0846. The molecule has 1 aliphatic heterocycles. The fourth-order valence-electron chi connectivity index (χ4n) is 1.92. The molecule has 1 aliphatic rings. The molecule has 4 nitrogen and oxygen atoms in total. The van der Waals surface area contributed by atoms with Crippen LogP contribution in [0.1, 0.15) is 25.5 Å². The molecule has 0 bridgehead atoms. The van der Waals surface area contributed by atoms with Crippen LogP contribution < -0.4 is 11.1 Å². The van der Waals surface area contributed by atoms with Crippen molar-refractivity contribution in [3.8, 4) is 0 Å². The summed E-state index contributed by atoms with van der Waals surface area (Å²) in [5, 5.41) is 3.51. The van der Waals surface area contributed by atoms with Crippen LogP contribution in [0, 0.1) is 0 Å². The molecule has 1 fully saturated rings. The van der Waals surface area contributed by atoms with E-state index < -0.39 is 0 Å². The number of hydrogen-bond acceptors (Lipinski definition) is 4. The van der Waals surface area contributed by atoms with Crippen LogP contribution in [0.25, 0.3) is 0 Å². The first-order valence-electron chi connectivity index (χ1n) is 5.71. The lowest BCUT2D eigenvalue weighted by atomic mass is 9.95. The van der Waals surface area contributed by atoms with Gasteiger partial charge in [0, 0.05) is 18.7 Å². The maximum Gasteiger partial charge on any atom is 0.0645 e. The number of nitrogens with one attached hydrogen (secondary N) is 1. The topological polar surface area (TPSA) is 60.2 Å². The Morgan fingerprint density at radius 1 is 1.56 bits per heavy atom. The highest BCUT2D eigenvalue weighted by molar-refractivity contribution is 5.34. The molecule has 2 rings (SSSR count). The summed E-state index contributed by atoms with van der Waals surface area (Å²) in [7, 11) is 0. The first kappa shape index (κ1) is 11.4. The SMILES string of the molecule is CC1(NCc2ccc(N)cn2)CCCOC1. The van der Waals surface area contributed by atoms with E-state index >= 15 is 0 Å². The van der Waals surface area contributed by atoms with Crippen molar-refractivity contribution in [1.82, 2.24) is 10.3 Å². The van der Waals surface area contributed by atoms with Gasteiger partial charge in [0.05, 0.1) is 24.2 Å². The van der Waals surface area contributed by atoms with Crippen LogP contribution >= 0.6 is 0 Å². The van der Waals surface area contributed by atoms with Crippen molar-refractivity contribution in [2.75, 3.05) is 18.9 Å². The van der Waals surface area contributed by atoms with Crippen LogP contribution in [0.5, 0.6) is 0 Å². The lowest BCUT2D eigenvalue weighted by molar-refractivity contribution is 0.0276. The molecule has 1 unspecified atom stereocenters. The van der Waals surface area contributed by atoms with E-state index in [2.05, 4.69) is 17.2 Å². The predicted molar refractivity (Wildman–Crippen MR) is 63.9 cm³/mol. The van der Waals surface area contributed by atoms with Crippen LogP contribution in [0.4, 0.5) is 5.69 Å². The minimum Gasteiger partial charge on any atom is -0.397 e. The number of nitrogen functional groups attached to an aromatic ring is 1. The number of aromatic nitrogens is 1. The minimum atomic E-state index is 0.0846. The van der Waals surface area contributed by atoms with Crippen LogP contribution in [-0.4, -0.2) is 23.7 Å². The molecule has 0 spiro atoms. The van der Waals surface area contributed by atoms with Crippen molar-refractivity contribution < 1.29 is 4.74 Å². The first-order chi connectivity index (χ1) is 7.68. The fraction of sp³-hybridized carbons (Fsp3) is 0.583. The van der Waals surface area contributed by atoms with Gasteiger partial charge < -0.3 is 15.8 Å². The number of hydrogen-bond donors (Lipinski definition) is 2. The van der Waals surface area contributed by atoms with Gasteiger partial charge in [-0.3, -0.25) is 4.98 Å². The monoisotopic (exact) mass is 221 g/mol. The smallest absolute Gasteiger partial charge is 0.0645 e. The molecule has 88 valence electrons. The van der Waals surface area contributed by atoms with E-state index in [1.54, 1.807) is 6.20 Å². The average Bonchev–Trinajstić information content (AvgIpc) is 2.29. The summed E-state index contributed by atoms with van der Waals surface area (Å²) in [4.78, 5) is 4.27. The Bertz CT molecular complexity index is 331. The van der Waals surface area contributed by atoms with Gasteiger partial charge in [-0.25, -0.2) is 0 Å². The molecule has 4 heteroatoms. The molecular weight excluding hydrogens is 202 g/mol. The van der Waals surface area contributed by atoms with Crippen LogP contribution in [0.2, 0.25) is 0 Å². The van der Waals surface area contributed by atoms with Crippen molar-refractivity contribution in [2.24, 2.45) is 0 Å². The van der Waals surface area contributed by atoms with Gasteiger partial charge in [-0.15, -0.1) is 0 Å². The molecule has 0 amide bonds. The third-order valence-electron chi connectivity index (χ3n) is 2.98. The average molecular weight is 221 g/mol. The van der Waals surface area contributed by atoms with E-state index in [9.17, 15) is 0 Å². The van der Waals surface area contributed by atoms with E-state index in [4.69, 9.17) is 10.5 Å². The van der Waals surface area contributed by atoms with Crippen molar-refractivity contribution in [3.63, 3.8) is 0 Å². The highest BCUT2D eigenvalue weighted by Gasteiger charge is 2.26. The molecule has 2 heterocycles. The molecule has 0 radical (unpaired) electrons. The van der Waals surface area contributed by atoms with Crippen molar-refractivity contribution >= 4 is 5.69 Å².